The third kappa shape index (κ3) is 3.61. The number of carbonyl (C=O) groups excluding carboxylic acids is 1. The Kier molecular flexibility index (Phi) is 4.41. The molecule has 1 aromatic heterocycles. The van der Waals surface area contributed by atoms with Gasteiger partial charge < -0.3 is 14.0 Å². The maximum Gasteiger partial charge on any atom is 0.498 e. The molecule has 0 aromatic carbocycles. The van der Waals surface area contributed by atoms with E-state index >= 15 is 0 Å². The predicted molar refractivity (Wildman–Crippen MR) is 88.6 cm³/mol. The molecule has 1 atom stereocenters. The van der Waals surface area contributed by atoms with Crippen molar-refractivity contribution in [1.82, 2.24) is 10.2 Å². The molecule has 1 fully saturated rings. The van der Waals surface area contributed by atoms with Crippen LogP contribution in [0.1, 0.15) is 59.4 Å². The molecule has 23 heavy (non-hydrogen) atoms. The summed E-state index contributed by atoms with van der Waals surface area (Å²) in [5.74, 6) is -0.294. The van der Waals surface area contributed by atoms with Crippen molar-refractivity contribution in [2.75, 3.05) is 0 Å². The van der Waals surface area contributed by atoms with Crippen LogP contribution in [0.2, 0.25) is 0 Å². The largest absolute Gasteiger partial charge is 0.498 e. The van der Waals surface area contributed by atoms with Gasteiger partial charge in [0.15, 0.2) is 0 Å². The number of nitrogens with one attached hydrogen (secondary N) is 1. The summed E-state index contributed by atoms with van der Waals surface area (Å²) in [6.45, 7) is 15.1. The van der Waals surface area contributed by atoms with Crippen molar-refractivity contribution in [3.63, 3.8) is 0 Å². The van der Waals surface area contributed by atoms with E-state index in [2.05, 4.69) is 10.2 Å². The molecule has 1 aliphatic rings. The van der Waals surface area contributed by atoms with E-state index in [0.717, 1.165) is 16.9 Å². The molecule has 0 bridgehead atoms. The summed E-state index contributed by atoms with van der Waals surface area (Å²) in [6.07, 6.45) is 0.129. The molecule has 1 N–H and O–H groups in total. The van der Waals surface area contributed by atoms with Gasteiger partial charge in [-0.05, 0) is 55.4 Å². The smallest absolute Gasteiger partial charge is 0.460 e. The summed E-state index contributed by atoms with van der Waals surface area (Å²) in [4.78, 5) is 12.3. The quantitative estimate of drug-likeness (QED) is 0.681. The number of H-pyrrole nitrogens is 1. The normalized spacial score (nSPS) is 24.1. The standard InChI is InChI=1S/C16H27BN2O4/c1-10-13(11(2)19-18-10)17-22-15(6,7)16(8,23-17)9-12(20)21-14(3,4)5/h9H2,1-8H3,(H,18,19). The number of aromatic nitrogens is 2. The van der Waals surface area contributed by atoms with Gasteiger partial charge in [-0.1, -0.05) is 0 Å². The van der Waals surface area contributed by atoms with E-state index in [1.54, 1.807) is 0 Å². The molecular weight excluding hydrogens is 295 g/mol. The van der Waals surface area contributed by atoms with Crippen molar-refractivity contribution in [1.29, 1.82) is 0 Å². The Hall–Kier alpha value is -1.34. The minimum Gasteiger partial charge on any atom is -0.460 e. The van der Waals surface area contributed by atoms with E-state index in [0.29, 0.717) is 0 Å². The monoisotopic (exact) mass is 322 g/mol. The van der Waals surface area contributed by atoms with Gasteiger partial charge in [-0.2, -0.15) is 5.10 Å². The molecule has 0 spiro atoms. The van der Waals surface area contributed by atoms with E-state index < -0.39 is 23.9 Å². The third-order valence-electron chi connectivity index (χ3n) is 4.36. The average molecular weight is 322 g/mol. The molecular formula is C16H27BN2O4. The highest BCUT2D eigenvalue weighted by Crippen LogP contribution is 2.40. The maximum atomic E-state index is 12.3. The molecule has 1 saturated heterocycles. The summed E-state index contributed by atoms with van der Waals surface area (Å²) in [6, 6.07) is 0. The molecule has 2 rings (SSSR count). The first-order valence-corrected chi connectivity index (χ1v) is 7.94. The second kappa shape index (κ2) is 5.63. The van der Waals surface area contributed by atoms with Crippen molar-refractivity contribution in [3.05, 3.63) is 11.4 Å². The second-order valence-corrected chi connectivity index (χ2v) is 7.92. The van der Waals surface area contributed by atoms with Crippen LogP contribution in [0.5, 0.6) is 0 Å². The van der Waals surface area contributed by atoms with Crippen LogP contribution in [0.25, 0.3) is 0 Å². The summed E-state index contributed by atoms with van der Waals surface area (Å²) in [5.41, 5.74) is 0.704. The topological polar surface area (TPSA) is 73.4 Å². The molecule has 0 aliphatic carbocycles. The van der Waals surface area contributed by atoms with Gasteiger partial charge >= 0.3 is 13.1 Å². The molecule has 1 aromatic rings. The molecule has 0 saturated carbocycles. The van der Waals surface area contributed by atoms with Crippen molar-refractivity contribution in [2.24, 2.45) is 0 Å². The maximum absolute atomic E-state index is 12.3. The zero-order valence-electron chi connectivity index (χ0n) is 15.4. The first kappa shape index (κ1) is 18.0. The van der Waals surface area contributed by atoms with Gasteiger partial charge in [-0.15, -0.1) is 0 Å². The van der Waals surface area contributed by atoms with E-state index in [1.165, 1.54) is 0 Å². The van der Waals surface area contributed by atoms with E-state index in [4.69, 9.17) is 14.0 Å². The van der Waals surface area contributed by atoms with Crippen LogP contribution in [-0.2, 0) is 18.8 Å². The summed E-state index contributed by atoms with van der Waals surface area (Å²) in [5, 5.41) is 7.13. The van der Waals surface area contributed by atoms with Crippen LogP contribution in [0.4, 0.5) is 0 Å². The number of esters is 1. The van der Waals surface area contributed by atoms with Gasteiger partial charge in [0.1, 0.15) is 5.60 Å². The van der Waals surface area contributed by atoms with Crippen LogP contribution >= 0.6 is 0 Å². The predicted octanol–water partition coefficient (Wildman–Crippen LogP) is 2.04. The highest BCUT2D eigenvalue weighted by atomic mass is 16.7. The average Bonchev–Trinajstić information content (AvgIpc) is 2.74. The first-order valence-electron chi connectivity index (χ1n) is 7.94. The Labute approximate surface area is 138 Å². The van der Waals surface area contributed by atoms with Crippen molar-refractivity contribution < 1.29 is 18.8 Å². The molecule has 0 radical (unpaired) electrons. The minimum atomic E-state index is -0.782. The van der Waals surface area contributed by atoms with Crippen molar-refractivity contribution in [3.8, 4) is 0 Å². The van der Waals surface area contributed by atoms with Crippen molar-refractivity contribution >= 4 is 18.6 Å². The lowest BCUT2D eigenvalue weighted by molar-refractivity contribution is -0.161. The van der Waals surface area contributed by atoms with Gasteiger partial charge in [-0.3, -0.25) is 9.89 Å². The lowest BCUT2D eigenvalue weighted by atomic mass is 9.77. The number of hydrogen-bond acceptors (Lipinski definition) is 5. The van der Waals surface area contributed by atoms with Gasteiger partial charge in [-0.25, -0.2) is 0 Å². The lowest BCUT2D eigenvalue weighted by Crippen LogP contribution is -2.47. The van der Waals surface area contributed by atoms with Crippen LogP contribution in [0, 0.1) is 13.8 Å². The minimum absolute atomic E-state index is 0.129. The van der Waals surface area contributed by atoms with Crippen LogP contribution in [-0.4, -0.2) is 40.1 Å². The van der Waals surface area contributed by atoms with E-state index in [1.807, 2.05) is 55.4 Å². The zero-order chi connectivity index (χ0) is 17.6. The summed E-state index contributed by atoms with van der Waals surface area (Å²) < 4.78 is 17.7. The number of rotatable bonds is 3. The van der Waals surface area contributed by atoms with Crippen LogP contribution in [0.15, 0.2) is 0 Å². The van der Waals surface area contributed by atoms with Gasteiger partial charge in [0, 0.05) is 11.2 Å². The molecule has 1 unspecified atom stereocenters. The van der Waals surface area contributed by atoms with E-state index in [-0.39, 0.29) is 12.4 Å². The van der Waals surface area contributed by atoms with Crippen LogP contribution < -0.4 is 5.46 Å². The fourth-order valence-corrected chi connectivity index (χ4v) is 2.73. The number of nitrogens with zero attached hydrogens (tertiary/aromatic N) is 1. The number of ether oxygens (including phenoxy) is 1. The molecule has 6 nitrogen and oxygen atoms in total. The Morgan fingerprint density at radius 3 is 2.35 bits per heavy atom. The first-order chi connectivity index (χ1) is 10.3. The fourth-order valence-electron chi connectivity index (χ4n) is 2.73. The Morgan fingerprint density at radius 2 is 1.87 bits per heavy atom. The number of aromatic amines is 1. The fraction of sp³-hybridized carbons (Fsp3) is 0.750. The highest BCUT2D eigenvalue weighted by molar-refractivity contribution is 6.63. The Bertz CT molecular complexity index is 586. The second-order valence-electron chi connectivity index (χ2n) is 7.92. The summed E-state index contributed by atoms with van der Waals surface area (Å²) >= 11 is 0. The Morgan fingerprint density at radius 1 is 1.26 bits per heavy atom. The Balaban J connectivity index is 2.21. The molecule has 1 aliphatic heterocycles. The number of carbonyl (C=O) groups is 1. The van der Waals surface area contributed by atoms with Gasteiger partial charge in [0.05, 0.1) is 23.3 Å². The molecule has 128 valence electrons. The van der Waals surface area contributed by atoms with Crippen LogP contribution in [0.3, 0.4) is 0 Å². The van der Waals surface area contributed by atoms with Gasteiger partial charge in [0.2, 0.25) is 0 Å². The molecule has 2 heterocycles. The SMILES string of the molecule is Cc1n[nH]c(C)c1B1OC(C)(C)C(C)(CC(=O)OC(C)(C)C)O1. The number of aryl methyl sites for hydroxylation is 2. The van der Waals surface area contributed by atoms with Crippen molar-refractivity contribution in [2.45, 2.75) is 78.6 Å². The highest BCUT2D eigenvalue weighted by Gasteiger charge is 2.56. The van der Waals surface area contributed by atoms with Gasteiger partial charge in [0.25, 0.3) is 0 Å². The molecule has 0 amide bonds. The number of hydrogen-bond donors (Lipinski definition) is 1. The lowest BCUT2D eigenvalue weighted by Gasteiger charge is -2.36. The molecule has 7 heteroatoms. The zero-order valence-corrected chi connectivity index (χ0v) is 15.4. The third-order valence-corrected chi connectivity index (χ3v) is 4.36. The van der Waals surface area contributed by atoms with E-state index in [9.17, 15) is 4.79 Å². The summed E-state index contributed by atoms with van der Waals surface area (Å²) in [7, 11) is -0.545.